The predicted octanol–water partition coefficient (Wildman–Crippen LogP) is 3.16. The molecule has 19 heavy (non-hydrogen) atoms. The molecule has 0 bridgehead atoms. The Bertz CT molecular complexity index is 458. The van der Waals surface area contributed by atoms with E-state index in [9.17, 15) is 22.4 Å². The number of nitrogens with one attached hydrogen (secondary N) is 1. The van der Waals surface area contributed by atoms with Crippen LogP contribution in [0.15, 0.2) is 18.2 Å². The normalized spacial score (nSPS) is 11.7. The third-order valence-corrected chi connectivity index (χ3v) is 2.12. The topological polar surface area (TPSA) is 38.3 Å². The molecule has 0 saturated carbocycles. The zero-order valence-corrected chi connectivity index (χ0v) is 10.3. The van der Waals surface area contributed by atoms with Gasteiger partial charge in [-0.15, -0.1) is 0 Å². The van der Waals surface area contributed by atoms with Gasteiger partial charge >= 0.3 is 6.18 Å². The molecule has 0 aliphatic carbocycles. The van der Waals surface area contributed by atoms with Crippen LogP contribution < -0.4 is 5.48 Å². The van der Waals surface area contributed by atoms with E-state index in [1.807, 2.05) is 19.3 Å². The average Bonchev–Trinajstić information content (AvgIpc) is 2.27. The van der Waals surface area contributed by atoms with Crippen molar-refractivity contribution in [3.8, 4) is 0 Å². The molecule has 0 spiro atoms. The van der Waals surface area contributed by atoms with Gasteiger partial charge in [0, 0.05) is 0 Å². The van der Waals surface area contributed by atoms with Gasteiger partial charge in [0.05, 0.1) is 17.7 Å². The minimum absolute atomic E-state index is 0.117. The van der Waals surface area contributed by atoms with Crippen LogP contribution >= 0.6 is 0 Å². The molecule has 7 heteroatoms. The van der Waals surface area contributed by atoms with Gasteiger partial charge in [0.1, 0.15) is 5.82 Å². The number of hydrogen-bond acceptors (Lipinski definition) is 2. The Hall–Kier alpha value is -1.63. The maximum Gasteiger partial charge on any atom is 0.416 e. The highest BCUT2D eigenvalue weighted by molar-refractivity contribution is 5.93. The molecule has 0 saturated heterocycles. The number of benzene rings is 1. The van der Waals surface area contributed by atoms with Gasteiger partial charge in [-0.25, -0.2) is 9.87 Å². The fraction of sp³-hybridized carbons (Fsp3) is 0.417. The van der Waals surface area contributed by atoms with E-state index in [0.717, 1.165) is 0 Å². The lowest BCUT2D eigenvalue weighted by atomic mass is 10.1. The quantitative estimate of drug-likeness (QED) is 0.679. The lowest BCUT2D eigenvalue weighted by Gasteiger charge is -2.11. The molecule has 1 aromatic carbocycles. The van der Waals surface area contributed by atoms with Crippen molar-refractivity contribution in [1.82, 2.24) is 5.48 Å². The highest BCUT2D eigenvalue weighted by Gasteiger charge is 2.31. The summed E-state index contributed by atoms with van der Waals surface area (Å²) in [5.41, 5.74) is 0.0993. The van der Waals surface area contributed by atoms with Crippen molar-refractivity contribution >= 4 is 5.91 Å². The van der Waals surface area contributed by atoms with E-state index in [1.54, 1.807) is 0 Å². The Labute approximate surface area is 107 Å². The molecular weight excluding hydrogens is 266 g/mol. The summed E-state index contributed by atoms with van der Waals surface area (Å²) < 4.78 is 50.6. The Morgan fingerprint density at radius 1 is 1.37 bits per heavy atom. The number of rotatable bonds is 4. The van der Waals surface area contributed by atoms with Gasteiger partial charge in [0.15, 0.2) is 0 Å². The minimum atomic E-state index is -4.64. The number of carbonyl (C=O) groups is 1. The van der Waals surface area contributed by atoms with Gasteiger partial charge in [-0.3, -0.25) is 9.63 Å². The van der Waals surface area contributed by atoms with Crippen LogP contribution in [0.3, 0.4) is 0 Å². The second-order valence-electron chi connectivity index (χ2n) is 4.33. The summed E-state index contributed by atoms with van der Waals surface area (Å²) >= 11 is 0. The molecular formula is C12H13F4NO2. The van der Waals surface area contributed by atoms with Gasteiger partial charge in [-0.1, -0.05) is 13.8 Å². The van der Waals surface area contributed by atoms with Crippen molar-refractivity contribution in [3.05, 3.63) is 35.1 Å². The van der Waals surface area contributed by atoms with Crippen molar-refractivity contribution in [2.75, 3.05) is 6.61 Å². The number of halogens is 4. The number of hydrogen-bond donors (Lipinski definition) is 1. The van der Waals surface area contributed by atoms with Crippen molar-refractivity contribution in [2.45, 2.75) is 20.0 Å². The van der Waals surface area contributed by atoms with Gasteiger partial charge in [-0.05, 0) is 24.1 Å². The molecule has 0 unspecified atom stereocenters. The minimum Gasteiger partial charge on any atom is -0.273 e. The lowest BCUT2D eigenvalue weighted by molar-refractivity contribution is -0.137. The Morgan fingerprint density at radius 2 is 2.00 bits per heavy atom. The highest BCUT2D eigenvalue weighted by atomic mass is 19.4. The van der Waals surface area contributed by atoms with Crippen LogP contribution in [0, 0.1) is 11.7 Å². The van der Waals surface area contributed by atoms with Crippen molar-refractivity contribution in [3.63, 3.8) is 0 Å². The largest absolute Gasteiger partial charge is 0.416 e. The number of carbonyl (C=O) groups excluding carboxylic acids is 1. The van der Waals surface area contributed by atoms with E-state index < -0.39 is 29.0 Å². The first kappa shape index (κ1) is 15.4. The van der Waals surface area contributed by atoms with Crippen molar-refractivity contribution < 1.29 is 27.2 Å². The molecule has 0 atom stereocenters. The predicted molar refractivity (Wildman–Crippen MR) is 59.7 cm³/mol. The summed E-state index contributed by atoms with van der Waals surface area (Å²) in [6, 6.07) is 1.62. The second-order valence-corrected chi connectivity index (χ2v) is 4.33. The lowest BCUT2D eigenvalue weighted by Crippen LogP contribution is -2.26. The number of alkyl halides is 3. The van der Waals surface area contributed by atoms with E-state index in [1.165, 1.54) is 0 Å². The third kappa shape index (κ3) is 4.51. The Kier molecular flexibility index (Phi) is 4.88. The summed E-state index contributed by atoms with van der Waals surface area (Å²) in [6.07, 6.45) is -4.64. The standard InChI is InChI=1S/C12H13F4NO2/c1-7(2)6-19-17-11(18)9-5-8(12(14,15)16)3-4-10(9)13/h3-5,7H,6H2,1-2H3,(H,17,18). The van der Waals surface area contributed by atoms with Crippen LogP contribution in [0.2, 0.25) is 0 Å². The second kappa shape index (κ2) is 6.01. The van der Waals surface area contributed by atoms with Crippen LogP contribution in [-0.4, -0.2) is 12.5 Å². The van der Waals surface area contributed by atoms with Crippen LogP contribution in [0.5, 0.6) is 0 Å². The fourth-order valence-electron chi connectivity index (χ4n) is 1.20. The molecule has 1 rings (SSSR count). The van der Waals surface area contributed by atoms with Crippen LogP contribution in [-0.2, 0) is 11.0 Å². The van der Waals surface area contributed by atoms with Gasteiger partial charge in [0.25, 0.3) is 5.91 Å². The summed E-state index contributed by atoms with van der Waals surface area (Å²) in [7, 11) is 0. The monoisotopic (exact) mass is 279 g/mol. The molecule has 1 N–H and O–H groups in total. The number of hydroxylamine groups is 1. The SMILES string of the molecule is CC(C)CONC(=O)c1cc(C(F)(F)F)ccc1F. The van der Waals surface area contributed by atoms with E-state index in [-0.39, 0.29) is 12.5 Å². The summed E-state index contributed by atoms with van der Waals surface area (Å²) in [4.78, 5) is 16.2. The van der Waals surface area contributed by atoms with Gasteiger partial charge in [-0.2, -0.15) is 13.2 Å². The molecule has 0 heterocycles. The average molecular weight is 279 g/mol. The van der Waals surface area contributed by atoms with E-state index in [0.29, 0.717) is 18.2 Å². The van der Waals surface area contributed by atoms with Crippen LogP contribution in [0.1, 0.15) is 29.8 Å². The first-order valence-electron chi connectivity index (χ1n) is 5.50. The first-order chi connectivity index (χ1) is 8.71. The van der Waals surface area contributed by atoms with E-state index in [4.69, 9.17) is 4.84 Å². The van der Waals surface area contributed by atoms with E-state index in [2.05, 4.69) is 0 Å². The molecule has 0 radical (unpaired) electrons. The highest BCUT2D eigenvalue weighted by Crippen LogP contribution is 2.30. The van der Waals surface area contributed by atoms with Crippen molar-refractivity contribution in [2.24, 2.45) is 5.92 Å². The Balaban J connectivity index is 2.84. The Morgan fingerprint density at radius 3 is 2.53 bits per heavy atom. The molecule has 106 valence electrons. The maximum absolute atomic E-state index is 13.3. The first-order valence-corrected chi connectivity index (χ1v) is 5.50. The summed E-state index contributed by atoms with van der Waals surface area (Å²) in [5, 5.41) is 0. The zero-order chi connectivity index (χ0) is 14.6. The fourth-order valence-corrected chi connectivity index (χ4v) is 1.20. The molecule has 3 nitrogen and oxygen atoms in total. The zero-order valence-electron chi connectivity index (χ0n) is 10.3. The van der Waals surface area contributed by atoms with Crippen LogP contribution in [0.4, 0.5) is 17.6 Å². The molecule has 0 aliphatic heterocycles. The van der Waals surface area contributed by atoms with Crippen LogP contribution in [0.25, 0.3) is 0 Å². The van der Waals surface area contributed by atoms with Crippen molar-refractivity contribution in [1.29, 1.82) is 0 Å². The third-order valence-electron chi connectivity index (χ3n) is 2.12. The molecule has 0 aromatic heterocycles. The smallest absolute Gasteiger partial charge is 0.273 e. The number of amides is 1. The molecule has 1 aromatic rings. The maximum atomic E-state index is 13.3. The molecule has 0 aliphatic rings. The van der Waals surface area contributed by atoms with Gasteiger partial charge < -0.3 is 0 Å². The summed E-state index contributed by atoms with van der Waals surface area (Å²) in [5.74, 6) is -1.98. The summed E-state index contributed by atoms with van der Waals surface area (Å²) in [6.45, 7) is 3.81. The molecule has 1 amide bonds. The van der Waals surface area contributed by atoms with Gasteiger partial charge in [0.2, 0.25) is 0 Å². The van der Waals surface area contributed by atoms with E-state index >= 15 is 0 Å². The molecule has 0 fully saturated rings.